The minimum Gasteiger partial charge on any atom is -0.380 e. The molecule has 1 aromatic heterocycles. The van der Waals surface area contributed by atoms with Gasteiger partial charge in [-0.15, -0.1) is 24.0 Å². The number of guanidine groups is 1. The van der Waals surface area contributed by atoms with Gasteiger partial charge in [-0.1, -0.05) is 0 Å². The summed E-state index contributed by atoms with van der Waals surface area (Å²) in [7, 11) is 0. The van der Waals surface area contributed by atoms with Gasteiger partial charge in [0.15, 0.2) is 5.96 Å². The molecule has 0 saturated heterocycles. The van der Waals surface area contributed by atoms with Crippen LogP contribution in [-0.4, -0.2) is 49.7 Å². The Labute approximate surface area is 148 Å². The van der Waals surface area contributed by atoms with Gasteiger partial charge < -0.3 is 20.7 Å². The van der Waals surface area contributed by atoms with Crippen molar-refractivity contribution >= 4 is 41.5 Å². The van der Waals surface area contributed by atoms with E-state index in [1.165, 1.54) is 0 Å². The topological polar surface area (TPSA) is 87.6 Å². The molecule has 0 aliphatic rings. The zero-order valence-corrected chi connectivity index (χ0v) is 15.3. The van der Waals surface area contributed by atoms with Gasteiger partial charge in [-0.2, -0.15) is 0 Å². The van der Waals surface area contributed by atoms with E-state index in [1.807, 2.05) is 13.8 Å². The smallest absolute Gasteiger partial charge is 0.246 e. The van der Waals surface area contributed by atoms with Crippen molar-refractivity contribution in [3.63, 3.8) is 0 Å². The largest absolute Gasteiger partial charge is 0.380 e. The van der Waals surface area contributed by atoms with Gasteiger partial charge in [-0.3, -0.25) is 9.78 Å². The monoisotopic (exact) mass is 421 g/mol. The number of carbonyl (C=O) groups excluding carboxylic acids is 1. The molecule has 0 aliphatic carbocycles. The van der Waals surface area contributed by atoms with E-state index >= 15 is 0 Å². The zero-order chi connectivity index (χ0) is 15.3. The van der Waals surface area contributed by atoms with Crippen LogP contribution in [0.4, 0.5) is 5.69 Å². The summed E-state index contributed by atoms with van der Waals surface area (Å²) in [4.78, 5) is 19.9. The van der Waals surface area contributed by atoms with Crippen molar-refractivity contribution in [2.75, 3.05) is 38.2 Å². The van der Waals surface area contributed by atoms with Crippen molar-refractivity contribution in [1.29, 1.82) is 0 Å². The summed E-state index contributed by atoms with van der Waals surface area (Å²) < 4.78 is 5.24. The van der Waals surface area contributed by atoms with Crippen molar-refractivity contribution in [2.45, 2.75) is 13.8 Å². The zero-order valence-electron chi connectivity index (χ0n) is 13.0. The molecule has 124 valence electrons. The van der Waals surface area contributed by atoms with Crippen LogP contribution in [0.3, 0.4) is 0 Å². The minimum absolute atomic E-state index is 0. The fourth-order valence-corrected chi connectivity index (χ4v) is 1.52. The van der Waals surface area contributed by atoms with Crippen LogP contribution in [0.25, 0.3) is 0 Å². The molecule has 1 heterocycles. The summed E-state index contributed by atoms with van der Waals surface area (Å²) in [6.07, 6.45) is 3.24. The third-order valence-corrected chi connectivity index (χ3v) is 2.41. The third-order valence-electron chi connectivity index (χ3n) is 2.41. The van der Waals surface area contributed by atoms with Crippen molar-refractivity contribution in [3.8, 4) is 0 Å². The van der Waals surface area contributed by atoms with Crippen LogP contribution >= 0.6 is 24.0 Å². The molecule has 0 aliphatic heterocycles. The molecule has 0 fully saturated rings. The SMILES string of the molecule is CCNC(=NCC(=O)Nc1cccnc1)NCCOCC.I. The lowest BCUT2D eigenvalue weighted by molar-refractivity contribution is -0.114. The number of hydrogen-bond acceptors (Lipinski definition) is 4. The Bertz CT molecular complexity index is 442. The quantitative estimate of drug-likeness (QED) is 0.255. The molecule has 0 radical (unpaired) electrons. The number of pyridine rings is 1. The number of nitrogens with one attached hydrogen (secondary N) is 3. The van der Waals surface area contributed by atoms with E-state index < -0.39 is 0 Å². The number of ether oxygens (including phenoxy) is 1. The molecular formula is C14H24IN5O2. The number of carbonyl (C=O) groups is 1. The Morgan fingerprint density at radius 2 is 2.18 bits per heavy atom. The van der Waals surface area contributed by atoms with Gasteiger partial charge in [0.2, 0.25) is 5.91 Å². The summed E-state index contributed by atoms with van der Waals surface area (Å²) in [6.45, 7) is 6.61. The maximum atomic E-state index is 11.8. The van der Waals surface area contributed by atoms with E-state index in [0.717, 1.165) is 6.54 Å². The second-order valence-electron chi connectivity index (χ2n) is 4.11. The number of nitrogens with zero attached hydrogens (tertiary/aromatic N) is 2. The highest BCUT2D eigenvalue weighted by Crippen LogP contribution is 2.01. The van der Waals surface area contributed by atoms with E-state index in [-0.39, 0.29) is 36.4 Å². The van der Waals surface area contributed by atoms with Gasteiger partial charge in [-0.25, -0.2) is 4.99 Å². The van der Waals surface area contributed by atoms with Crippen molar-refractivity contribution in [1.82, 2.24) is 15.6 Å². The average molecular weight is 421 g/mol. The van der Waals surface area contributed by atoms with E-state index in [9.17, 15) is 4.79 Å². The number of aliphatic imine (C=N–C) groups is 1. The van der Waals surface area contributed by atoms with Gasteiger partial charge >= 0.3 is 0 Å². The molecular weight excluding hydrogens is 397 g/mol. The van der Waals surface area contributed by atoms with Crippen LogP contribution in [-0.2, 0) is 9.53 Å². The molecule has 0 saturated carbocycles. The Morgan fingerprint density at radius 1 is 1.36 bits per heavy atom. The third kappa shape index (κ3) is 9.50. The lowest BCUT2D eigenvalue weighted by Gasteiger charge is -2.11. The van der Waals surface area contributed by atoms with Gasteiger partial charge in [0.1, 0.15) is 6.54 Å². The number of amides is 1. The maximum Gasteiger partial charge on any atom is 0.246 e. The van der Waals surface area contributed by atoms with Gasteiger partial charge in [0.05, 0.1) is 18.5 Å². The predicted molar refractivity (Wildman–Crippen MR) is 98.8 cm³/mol. The molecule has 1 aromatic rings. The second kappa shape index (κ2) is 13.3. The molecule has 0 unspecified atom stereocenters. The first-order valence-corrected chi connectivity index (χ1v) is 7.06. The number of anilines is 1. The van der Waals surface area contributed by atoms with Crippen LogP contribution in [0, 0.1) is 0 Å². The molecule has 3 N–H and O–H groups in total. The second-order valence-corrected chi connectivity index (χ2v) is 4.11. The molecule has 8 heteroatoms. The lowest BCUT2D eigenvalue weighted by atomic mass is 10.4. The predicted octanol–water partition coefficient (Wildman–Crippen LogP) is 1.23. The van der Waals surface area contributed by atoms with Gasteiger partial charge in [0.25, 0.3) is 0 Å². The molecule has 0 aromatic carbocycles. The van der Waals surface area contributed by atoms with Crippen LogP contribution in [0.2, 0.25) is 0 Å². The first-order valence-electron chi connectivity index (χ1n) is 7.06. The Hall–Kier alpha value is -1.42. The minimum atomic E-state index is -0.190. The van der Waals surface area contributed by atoms with Crippen LogP contribution < -0.4 is 16.0 Å². The van der Waals surface area contributed by atoms with E-state index in [4.69, 9.17) is 4.74 Å². The number of aromatic nitrogens is 1. The lowest BCUT2D eigenvalue weighted by Crippen LogP contribution is -2.39. The number of rotatable bonds is 8. The van der Waals surface area contributed by atoms with Crippen molar-refractivity contribution < 1.29 is 9.53 Å². The molecule has 1 amide bonds. The average Bonchev–Trinajstić information content (AvgIpc) is 2.50. The van der Waals surface area contributed by atoms with E-state index in [2.05, 4.69) is 25.9 Å². The van der Waals surface area contributed by atoms with Gasteiger partial charge in [-0.05, 0) is 26.0 Å². The molecule has 7 nitrogen and oxygen atoms in total. The van der Waals surface area contributed by atoms with Crippen LogP contribution in [0.15, 0.2) is 29.5 Å². The summed E-state index contributed by atoms with van der Waals surface area (Å²) in [5.41, 5.74) is 0.659. The number of halogens is 1. The summed E-state index contributed by atoms with van der Waals surface area (Å²) >= 11 is 0. The fraction of sp³-hybridized carbons (Fsp3) is 0.500. The molecule has 0 bridgehead atoms. The number of hydrogen-bond donors (Lipinski definition) is 3. The summed E-state index contributed by atoms with van der Waals surface area (Å²) in [5.74, 6) is 0.406. The van der Waals surface area contributed by atoms with E-state index in [1.54, 1.807) is 24.5 Å². The Balaban J connectivity index is 0.00000441. The van der Waals surface area contributed by atoms with Crippen LogP contribution in [0.1, 0.15) is 13.8 Å². The van der Waals surface area contributed by atoms with Crippen molar-refractivity contribution in [3.05, 3.63) is 24.5 Å². The van der Waals surface area contributed by atoms with E-state index in [0.29, 0.717) is 31.4 Å². The molecule has 22 heavy (non-hydrogen) atoms. The molecule has 1 rings (SSSR count). The molecule has 0 atom stereocenters. The standard InChI is InChI=1S/C14H23N5O2.HI/c1-3-16-14(17-8-9-21-4-2)18-11-13(20)19-12-6-5-7-15-10-12;/h5-7,10H,3-4,8-9,11H2,1-2H3,(H,19,20)(H2,16,17,18);1H. The highest BCUT2D eigenvalue weighted by Gasteiger charge is 2.02. The van der Waals surface area contributed by atoms with Crippen LogP contribution in [0.5, 0.6) is 0 Å². The fourth-order valence-electron chi connectivity index (χ4n) is 1.52. The maximum absolute atomic E-state index is 11.8. The highest BCUT2D eigenvalue weighted by molar-refractivity contribution is 14.0. The summed E-state index contributed by atoms with van der Waals surface area (Å²) in [5, 5.41) is 8.89. The van der Waals surface area contributed by atoms with Crippen molar-refractivity contribution in [2.24, 2.45) is 4.99 Å². The normalized spacial score (nSPS) is 10.5. The Morgan fingerprint density at radius 3 is 2.82 bits per heavy atom. The highest BCUT2D eigenvalue weighted by atomic mass is 127. The molecule has 0 spiro atoms. The Kier molecular flexibility index (Phi) is 12.4. The summed E-state index contributed by atoms with van der Waals surface area (Å²) in [6, 6.07) is 3.54. The van der Waals surface area contributed by atoms with Gasteiger partial charge in [0, 0.05) is 25.9 Å². The first kappa shape index (κ1) is 20.6. The first-order chi connectivity index (χ1) is 10.3.